The van der Waals surface area contributed by atoms with Crippen LogP contribution in [0.4, 0.5) is 8.78 Å². The summed E-state index contributed by atoms with van der Waals surface area (Å²) in [5.41, 5.74) is 0.0313. The number of ether oxygens (including phenoxy) is 1. The van der Waals surface area contributed by atoms with E-state index in [9.17, 15) is 28.0 Å². The van der Waals surface area contributed by atoms with Crippen LogP contribution in [0, 0.1) is 5.92 Å². The lowest BCUT2D eigenvalue weighted by molar-refractivity contribution is -0.138. The molecule has 0 bridgehead atoms. The van der Waals surface area contributed by atoms with Gasteiger partial charge in [-0.1, -0.05) is 12.1 Å². The largest absolute Gasteiger partial charge is 0.434 e. The van der Waals surface area contributed by atoms with Crippen LogP contribution in [0.25, 0.3) is 0 Å². The van der Waals surface area contributed by atoms with E-state index >= 15 is 0 Å². The highest BCUT2D eigenvalue weighted by Crippen LogP contribution is 2.25. The number of piperidine rings is 1. The van der Waals surface area contributed by atoms with Crippen molar-refractivity contribution in [2.75, 3.05) is 26.2 Å². The molecular formula is C21H25F2N3O5. The Kier molecular flexibility index (Phi) is 7.54. The Morgan fingerprint density at radius 1 is 1.16 bits per heavy atom. The molecule has 2 aliphatic heterocycles. The second kappa shape index (κ2) is 10.3. The third-order valence-electron chi connectivity index (χ3n) is 5.43. The predicted octanol–water partition coefficient (Wildman–Crippen LogP) is 1.80. The smallest absolute Gasteiger partial charge is 0.387 e. The minimum Gasteiger partial charge on any atom is -0.434 e. The van der Waals surface area contributed by atoms with Gasteiger partial charge in [-0.2, -0.15) is 8.78 Å². The molecular weight excluding hydrogens is 412 g/mol. The van der Waals surface area contributed by atoms with Crippen LogP contribution in [0.2, 0.25) is 0 Å². The lowest BCUT2D eigenvalue weighted by Crippen LogP contribution is -2.46. The average Bonchev–Trinajstić information content (AvgIpc) is 3.08. The standard InChI is InChI=1S/C21H25F2N3O5/c22-21(23)31-16-7-2-1-6-15(16)20(30)25-11-3-5-14(13-25)19(29)24-10-4-12-26-17(27)8-9-18(26)28/h1-2,6-7,14,21H,3-5,8-13H2,(H,24,29). The number of benzene rings is 1. The summed E-state index contributed by atoms with van der Waals surface area (Å²) in [4.78, 5) is 51.2. The fourth-order valence-electron chi connectivity index (χ4n) is 3.85. The van der Waals surface area contributed by atoms with Crippen molar-refractivity contribution < 1.29 is 32.7 Å². The van der Waals surface area contributed by atoms with Gasteiger partial charge in [0.25, 0.3) is 5.91 Å². The molecule has 1 atom stereocenters. The second-order valence-corrected chi connectivity index (χ2v) is 7.55. The predicted molar refractivity (Wildman–Crippen MR) is 105 cm³/mol. The molecule has 168 valence electrons. The zero-order chi connectivity index (χ0) is 22.4. The lowest BCUT2D eigenvalue weighted by atomic mass is 9.96. The molecule has 3 rings (SSSR count). The van der Waals surface area contributed by atoms with Crippen LogP contribution in [0.3, 0.4) is 0 Å². The van der Waals surface area contributed by atoms with Gasteiger partial charge in [0.15, 0.2) is 0 Å². The van der Waals surface area contributed by atoms with Gasteiger partial charge in [-0.15, -0.1) is 0 Å². The van der Waals surface area contributed by atoms with Crippen molar-refractivity contribution in [1.82, 2.24) is 15.1 Å². The Morgan fingerprint density at radius 2 is 1.87 bits per heavy atom. The number of para-hydroxylation sites is 1. The van der Waals surface area contributed by atoms with Crippen LogP contribution >= 0.6 is 0 Å². The maximum absolute atomic E-state index is 12.8. The van der Waals surface area contributed by atoms with Crippen LogP contribution in [-0.2, 0) is 14.4 Å². The van der Waals surface area contributed by atoms with Crippen molar-refractivity contribution in [3.63, 3.8) is 0 Å². The van der Waals surface area contributed by atoms with Gasteiger partial charge >= 0.3 is 6.61 Å². The van der Waals surface area contributed by atoms with Crippen LogP contribution in [0.5, 0.6) is 5.75 Å². The summed E-state index contributed by atoms with van der Waals surface area (Å²) >= 11 is 0. The van der Waals surface area contributed by atoms with Gasteiger partial charge in [-0.05, 0) is 31.4 Å². The average molecular weight is 437 g/mol. The monoisotopic (exact) mass is 437 g/mol. The summed E-state index contributed by atoms with van der Waals surface area (Å²) < 4.78 is 29.7. The van der Waals surface area contributed by atoms with Crippen molar-refractivity contribution in [3.8, 4) is 5.75 Å². The van der Waals surface area contributed by atoms with Gasteiger partial charge < -0.3 is 15.0 Å². The highest BCUT2D eigenvalue weighted by molar-refractivity contribution is 6.01. The SMILES string of the molecule is O=C(NCCCN1C(=O)CCC1=O)C1CCCN(C(=O)c2ccccc2OC(F)F)C1. The third-order valence-corrected chi connectivity index (χ3v) is 5.43. The van der Waals surface area contributed by atoms with E-state index in [2.05, 4.69) is 10.1 Å². The van der Waals surface area contributed by atoms with Crippen molar-refractivity contribution in [3.05, 3.63) is 29.8 Å². The van der Waals surface area contributed by atoms with Gasteiger partial charge in [0.2, 0.25) is 17.7 Å². The molecule has 0 saturated carbocycles. The number of halogens is 2. The summed E-state index contributed by atoms with van der Waals surface area (Å²) in [6.07, 6.45) is 2.15. The first-order chi connectivity index (χ1) is 14.9. The number of imide groups is 1. The van der Waals surface area contributed by atoms with Crippen LogP contribution < -0.4 is 10.1 Å². The molecule has 2 saturated heterocycles. The Balaban J connectivity index is 1.50. The molecule has 1 unspecified atom stereocenters. The summed E-state index contributed by atoms with van der Waals surface area (Å²) in [5, 5.41) is 2.79. The molecule has 0 aliphatic carbocycles. The number of nitrogens with one attached hydrogen (secondary N) is 1. The van der Waals surface area contributed by atoms with Gasteiger partial charge in [-0.3, -0.25) is 24.1 Å². The quantitative estimate of drug-likeness (QED) is 0.494. The van der Waals surface area contributed by atoms with E-state index in [0.29, 0.717) is 32.4 Å². The number of hydrogen-bond acceptors (Lipinski definition) is 5. The minimum atomic E-state index is -3.04. The molecule has 31 heavy (non-hydrogen) atoms. The third kappa shape index (κ3) is 5.77. The highest BCUT2D eigenvalue weighted by atomic mass is 19.3. The maximum Gasteiger partial charge on any atom is 0.387 e. The zero-order valence-corrected chi connectivity index (χ0v) is 17.0. The number of rotatable bonds is 8. The maximum atomic E-state index is 12.8. The molecule has 1 N–H and O–H groups in total. The molecule has 10 heteroatoms. The van der Waals surface area contributed by atoms with Crippen LogP contribution in [-0.4, -0.2) is 66.2 Å². The Morgan fingerprint density at radius 3 is 2.58 bits per heavy atom. The Bertz CT molecular complexity index is 832. The minimum absolute atomic E-state index is 0.0313. The van der Waals surface area contributed by atoms with Gasteiger partial charge in [0.1, 0.15) is 5.75 Å². The molecule has 2 heterocycles. The van der Waals surface area contributed by atoms with Gasteiger partial charge in [0, 0.05) is 39.0 Å². The molecule has 1 aromatic carbocycles. The van der Waals surface area contributed by atoms with E-state index in [-0.39, 0.29) is 55.0 Å². The summed E-state index contributed by atoms with van der Waals surface area (Å²) in [6, 6.07) is 5.80. The van der Waals surface area contributed by atoms with Gasteiger partial charge in [-0.25, -0.2) is 0 Å². The first-order valence-corrected chi connectivity index (χ1v) is 10.3. The topological polar surface area (TPSA) is 96.0 Å². The molecule has 4 amide bonds. The van der Waals surface area contributed by atoms with E-state index in [4.69, 9.17) is 0 Å². The number of nitrogens with zero attached hydrogens (tertiary/aromatic N) is 2. The van der Waals surface area contributed by atoms with E-state index < -0.39 is 18.4 Å². The molecule has 0 spiro atoms. The molecule has 8 nitrogen and oxygen atoms in total. The van der Waals surface area contributed by atoms with Crippen molar-refractivity contribution in [2.24, 2.45) is 5.92 Å². The number of hydrogen-bond donors (Lipinski definition) is 1. The molecule has 2 aliphatic rings. The van der Waals surface area contributed by atoms with Crippen LogP contribution in [0.1, 0.15) is 42.5 Å². The van der Waals surface area contributed by atoms with Crippen LogP contribution in [0.15, 0.2) is 24.3 Å². The molecule has 0 aromatic heterocycles. The van der Waals surface area contributed by atoms with E-state index in [0.717, 1.165) is 0 Å². The molecule has 0 radical (unpaired) electrons. The highest BCUT2D eigenvalue weighted by Gasteiger charge is 2.31. The van der Waals surface area contributed by atoms with Gasteiger partial charge in [0.05, 0.1) is 11.5 Å². The number of likely N-dealkylation sites (tertiary alicyclic amines) is 2. The molecule has 1 aromatic rings. The molecule has 2 fully saturated rings. The summed E-state index contributed by atoms with van der Waals surface area (Å²) in [6.45, 7) is -1.86. The van der Waals surface area contributed by atoms with Crippen molar-refractivity contribution >= 4 is 23.6 Å². The first kappa shape index (κ1) is 22.6. The number of amides is 4. The fourth-order valence-corrected chi connectivity index (χ4v) is 3.85. The number of carbonyl (C=O) groups excluding carboxylic acids is 4. The van der Waals surface area contributed by atoms with Crippen molar-refractivity contribution in [2.45, 2.75) is 38.7 Å². The van der Waals surface area contributed by atoms with E-state index in [1.165, 1.54) is 28.0 Å². The lowest BCUT2D eigenvalue weighted by Gasteiger charge is -2.32. The zero-order valence-electron chi connectivity index (χ0n) is 17.0. The van der Waals surface area contributed by atoms with E-state index in [1.807, 2.05) is 0 Å². The number of carbonyl (C=O) groups is 4. The summed E-state index contributed by atoms with van der Waals surface area (Å²) in [7, 11) is 0. The Hall–Kier alpha value is -3.04. The Labute approximate surface area is 178 Å². The van der Waals surface area contributed by atoms with Crippen molar-refractivity contribution in [1.29, 1.82) is 0 Å². The second-order valence-electron chi connectivity index (χ2n) is 7.55. The fraction of sp³-hybridized carbons (Fsp3) is 0.524. The first-order valence-electron chi connectivity index (χ1n) is 10.3. The normalized spacial score (nSPS) is 19.1. The summed E-state index contributed by atoms with van der Waals surface area (Å²) in [5.74, 6) is -1.66. The number of alkyl halides is 2. The van der Waals surface area contributed by atoms with E-state index in [1.54, 1.807) is 6.07 Å².